The molecule has 0 fully saturated rings. The second-order valence-electron chi connectivity index (χ2n) is 4.77. The van der Waals surface area contributed by atoms with Crippen LogP contribution in [0.25, 0.3) is 10.9 Å². The predicted molar refractivity (Wildman–Crippen MR) is 70.6 cm³/mol. The molecule has 18 heavy (non-hydrogen) atoms. The number of halogens is 1. The highest BCUT2D eigenvalue weighted by atomic mass is 35.5. The number of aliphatic hydroxyl groups excluding tert-OH is 1. The zero-order valence-corrected chi connectivity index (χ0v) is 10.9. The molecule has 0 aliphatic carbocycles. The number of hydrogen-bond donors (Lipinski definition) is 3. The third-order valence-electron chi connectivity index (χ3n) is 2.78. The van der Waals surface area contributed by atoms with Gasteiger partial charge in [0.15, 0.2) is 0 Å². The van der Waals surface area contributed by atoms with Crippen molar-refractivity contribution in [1.82, 2.24) is 10.2 Å². The minimum atomic E-state index is -0.821. The van der Waals surface area contributed by atoms with Crippen LogP contribution >= 0.6 is 11.6 Å². The molecule has 1 amide bonds. The Morgan fingerprint density at radius 3 is 2.94 bits per heavy atom. The van der Waals surface area contributed by atoms with Crippen LogP contribution in [0.1, 0.15) is 13.8 Å². The first-order valence-corrected chi connectivity index (χ1v) is 5.88. The first-order chi connectivity index (χ1) is 8.44. The molecule has 5 nitrogen and oxygen atoms in total. The number of H-pyrrole nitrogens is 1. The van der Waals surface area contributed by atoms with Gasteiger partial charge in [0.25, 0.3) is 0 Å². The molecule has 1 aromatic carbocycles. The number of carbonyl (C=O) groups is 1. The summed E-state index contributed by atoms with van der Waals surface area (Å²) in [5, 5.41) is 19.8. The standard InChI is InChI=1S/C12H14ClN3O2/c1-12(2,6-17)11(18)14-7-3-4-8-9(5-7)15-16-10(8)13/h3-5,17H,6H2,1-2H3,(H,14,18)(H,15,16). The van der Waals surface area contributed by atoms with Gasteiger partial charge in [-0.2, -0.15) is 5.10 Å². The summed E-state index contributed by atoms with van der Waals surface area (Å²) in [5.41, 5.74) is 0.481. The summed E-state index contributed by atoms with van der Waals surface area (Å²) in [6.07, 6.45) is 0. The number of aliphatic hydroxyl groups is 1. The Morgan fingerprint density at radius 2 is 2.28 bits per heavy atom. The van der Waals surface area contributed by atoms with Crippen LogP contribution in [0.15, 0.2) is 18.2 Å². The largest absolute Gasteiger partial charge is 0.395 e. The number of aromatic nitrogens is 2. The van der Waals surface area contributed by atoms with E-state index in [4.69, 9.17) is 16.7 Å². The SMILES string of the molecule is CC(C)(CO)C(=O)Nc1ccc2c(Cl)[nH]nc2c1. The summed E-state index contributed by atoms with van der Waals surface area (Å²) >= 11 is 5.89. The predicted octanol–water partition coefficient (Wildman–Crippen LogP) is 2.17. The number of carbonyl (C=O) groups excluding carboxylic acids is 1. The minimum Gasteiger partial charge on any atom is -0.395 e. The number of aromatic amines is 1. The van der Waals surface area contributed by atoms with Crippen molar-refractivity contribution < 1.29 is 9.90 Å². The highest BCUT2D eigenvalue weighted by molar-refractivity contribution is 6.34. The summed E-state index contributed by atoms with van der Waals surface area (Å²) in [5.74, 6) is -0.244. The van der Waals surface area contributed by atoms with Gasteiger partial charge in [0.2, 0.25) is 5.91 Å². The van der Waals surface area contributed by atoms with E-state index >= 15 is 0 Å². The molecule has 2 aromatic rings. The molecule has 0 atom stereocenters. The average molecular weight is 268 g/mol. The van der Waals surface area contributed by atoms with E-state index in [1.165, 1.54) is 0 Å². The first-order valence-electron chi connectivity index (χ1n) is 5.50. The lowest BCUT2D eigenvalue weighted by Gasteiger charge is -2.20. The Bertz CT molecular complexity index is 592. The molecule has 96 valence electrons. The van der Waals surface area contributed by atoms with Crippen LogP contribution in [0.5, 0.6) is 0 Å². The molecule has 0 bridgehead atoms. The van der Waals surface area contributed by atoms with Crippen molar-refractivity contribution in [2.75, 3.05) is 11.9 Å². The maximum atomic E-state index is 11.9. The third-order valence-corrected chi connectivity index (χ3v) is 3.06. The van der Waals surface area contributed by atoms with Gasteiger partial charge in [0.1, 0.15) is 5.15 Å². The second-order valence-corrected chi connectivity index (χ2v) is 5.14. The summed E-state index contributed by atoms with van der Waals surface area (Å²) in [7, 11) is 0. The first kappa shape index (κ1) is 12.9. The molecule has 0 saturated carbocycles. The molecule has 0 radical (unpaired) electrons. The molecule has 3 N–H and O–H groups in total. The molecular formula is C12H14ClN3O2. The van der Waals surface area contributed by atoms with E-state index in [1.807, 2.05) is 0 Å². The number of anilines is 1. The van der Waals surface area contributed by atoms with E-state index in [0.717, 1.165) is 5.39 Å². The normalized spacial score (nSPS) is 11.8. The maximum Gasteiger partial charge on any atom is 0.232 e. The lowest BCUT2D eigenvalue weighted by Crippen LogP contribution is -2.33. The highest BCUT2D eigenvalue weighted by Gasteiger charge is 2.26. The topological polar surface area (TPSA) is 78.0 Å². The van der Waals surface area contributed by atoms with Gasteiger partial charge in [0.05, 0.1) is 17.5 Å². The van der Waals surface area contributed by atoms with Gasteiger partial charge in [-0.25, -0.2) is 0 Å². The molecule has 0 saturated heterocycles. The van der Waals surface area contributed by atoms with E-state index in [-0.39, 0.29) is 12.5 Å². The zero-order valence-electron chi connectivity index (χ0n) is 10.1. The molecule has 1 heterocycles. The van der Waals surface area contributed by atoms with E-state index in [9.17, 15) is 4.79 Å². The average Bonchev–Trinajstić information content (AvgIpc) is 2.70. The van der Waals surface area contributed by atoms with Crippen LogP contribution in [0.3, 0.4) is 0 Å². The molecular weight excluding hydrogens is 254 g/mol. The van der Waals surface area contributed by atoms with Crippen LogP contribution in [-0.4, -0.2) is 27.8 Å². The van der Waals surface area contributed by atoms with Gasteiger partial charge in [-0.3, -0.25) is 9.89 Å². The van der Waals surface area contributed by atoms with Gasteiger partial charge < -0.3 is 10.4 Å². The lowest BCUT2D eigenvalue weighted by atomic mass is 9.93. The molecule has 6 heteroatoms. The Balaban J connectivity index is 2.25. The smallest absolute Gasteiger partial charge is 0.232 e. The fourth-order valence-electron chi connectivity index (χ4n) is 1.43. The quantitative estimate of drug-likeness (QED) is 0.798. The molecule has 0 spiro atoms. The van der Waals surface area contributed by atoms with Crippen molar-refractivity contribution in [2.24, 2.45) is 5.41 Å². The van der Waals surface area contributed by atoms with Gasteiger partial charge in [-0.05, 0) is 32.0 Å². The Morgan fingerprint density at radius 1 is 1.56 bits per heavy atom. The second kappa shape index (κ2) is 4.59. The van der Waals surface area contributed by atoms with E-state index in [1.54, 1.807) is 32.0 Å². The van der Waals surface area contributed by atoms with Gasteiger partial charge in [-0.1, -0.05) is 11.6 Å². The van der Waals surface area contributed by atoms with Crippen molar-refractivity contribution >= 4 is 34.1 Å². The fourth-order valence-corrected chi connectivity index (χ4v) is 1.63. The summed E-state index contributed by atoms with van der Waals surface area (Å²) in [6.45, 7) is 3.13. The number of fused-ring (bicyclic) bond motifs is 1. The fraction of sp³-hybridized carbons (Fsp3) is 0.333. The van der Waals surface area contributed by atoms with Crippen molar-refractivity contribution in [3.8, 4) is 0 Å². The molecule has 2 rings (SSSR count). The van der Waals surface area contributed by atoms with Gasteiger partial charge in [-0.15, -0.1) is 0 Å². The lowest BCUT2D eigenvalue weighted by molar-refractivity contribution is -0.125. The van der Waals surface area contributed by atoms with Crippen LogP contribution in [-0.2, 0) is 4.79 Å². The summed E-state index contributed by atoms with van der Waals surface area (Å²) in [4.78, 5) is 11.9. The van der Waals surface area contributed by atoms with Crippen LogP contribution in [0.4, 0.5) is 5.69 Å². The molecule has 0 aliphatic heterocycles. The number of nitrogens with one attached hydrogen (secondary N) is 2. The van der Waals surface area contributed by atoms with E-state index in [0.29, 0.717) is 16.4 Å². The highest BCUT2D eigenvalue weighted by Crippen LogP contribution is 2.24. The van der Waals surface area contributed by atoms with Crippen LogP contribution in [0.2, 0.25) is 5.15 Å². The van der Waals surface area contributed by atoms with Crippen molar-refractivity contribution in [3.05, 3.63) is 23.4 Å². The van der Waals surface area contributed by atoms with Crippen LogP contribution < -0.4 is 5.32 Å². The number of hydrogen-bond acceptors (Lipinski definition) is 3. The monoisotopic (exact) mass is 267 g/mol. The zero-order chi connectivity index (χ0) is 13.3. The van der Waals surface area contributed by atoms with Crippen molar-refractivity contribution in [2.45, 2.75) is 13.8 Å². The van der Waals surface area contributed by atoms with Crippen molar-refractivity contribution in [1.29, 1.82) is 0 Å². The van der Waals surface area contributed by atoms with Crippen molar-refractivity contribution in [3.63, 3.8) is 0 Å². The molecule has 0 aliphatic rings. The van der Waals surface area contributed by atoms with E-state index < -0.39 is 5.41 Å². The Hall–Kier alpha value is -1.59. The summed E-state index contributed by atoms with van der Waals surface area (Å²) < 4.78 is 0. The molecule has 1 aromatic heterocycles. The van der Waals surface area contributed by atoms with Gasteiger partial charge >= 0.3 is 0 Å². The number of nitrogens with zero attached hydrogens (tertiary/aromatic N) is 1. The molecule has 0 unspecified atom stereocenters. The number of amides is 1. The van der Waals surface area contributed by atoms with E-state index in [2.05, 4.69) is 15.5 Å². The van der Waals surface area contributed by atoms with Gasteiger partial charge in [0, 0.05) is 11.1 Å². The number of benzene rings is 1. The maximum absolute atomic E-state index is 11.9. The number of rotatable bonds is 3. The Kier molecular flexibility index (Phi) is 3.28. The minimum absolute atomic E-state index is 0.213. The van der Waals surface area contributed by atoms with Crippen LogP contribution in [0, 0.1) is 5.41 Å². The third kappa shape index (κ3) is 2.32. The Labute approximate surface area is 109 Å². The summed E-state index contributed by atoms with van der Waals surface area (Å²) in [6, 6.07) is 5.25.